The molecule has 0 saturated heterocycles. The van der Waals surface area contributed by atoms with Gasteiger partial charge in [-0.05, 0) is 6.92 Å². The number of hydrogen-bond acceptors (Lipinski definition) is 6. The monoisotopic (exact) mass is 250 g/mol. The average molecular weight is 250 g/mol. The molecule has 0 saturated carbocycles. The van der Waals surface area contributed by atoms with Crippen molar-refractivity contribution in [3.8, 4) is 23.6 Å². The lowest BCUT2D eigenvalue weighted by Crippen LogP contribution is -2.05. The second kappa shape index (κ2) is 4.91. The summed E-state index contributed by atoms with van der Waals surface area (Å²) in [5, 5.41) is 4.29. The van der Waals surface area contributed by atoms with E-state index in [0.717, 1.165) is 5.69 Å². The molecule has 0 aliphatic rings. The molecule has 2 aromatic heterocycles. The molecule has 0 N–H and O–H groups in total. The number of aromatic nitrogens is 4. The van der Waals surface area contributed by atoms with Gasteiger partial charge in [0.05, 0.1) is 27.0 Å². The molecule has 0 amide bonds. The highest BCUT2D eigenvalue weighted by Crippen LogP contribution is 2.21. The number of rotatable bonds is 4. The minimum absolute atomic E-state index is 0.208. The van der Waals surface area contributed by atoms with Crippen molar-refractivity contribution in [3.63, 3.8) is 0 Å². The highest BCUT2D eigenvalue weighted by molar-refractivity contribution is 5.34. The first-order valence-electron chi connectivity index (χ1n) is 5.26. The molecule has 0 spiro atoms. The molecule has 0 unspecified atom stereocenters. The van der Waals surface area contributed by atoms with Crippen molar-refractivity contribution in [2.24, 2.45) is 0 Å². The first-order valence-corrected chi connectivity index (χ1v) is 5.26. The summed E-state index contributed by atoms with van der Waals surface area (Å²) < 4.78 is 16.9. The maximum Gasteiger partial charge on any atom is 0.321 e. The molecule has 7 heteroatoms. The Kier molecular flexibility index (Phi) is 3.31. The molecule has 2 heterocycles. The van der Waals surface area contributed by atoms with Crippen LogP contribution < -0.4 is 14.2 Å². The van der Waals surface area contributed by atoms with E-state index in [4.69, 9.17) is 14.2 Å². The first kappa shape index (κ1) is 12.2. The lowest BCUT2D eigenvalue weighted by atomic mass is 10.5. The normalized spacial score (nSPS) is 10.2. The minimum Gasteiger partial charge on any atom is -0.481 e. The molecular formula is C11H14N4O3. The van der Waals surface area contributed by atoms with Gasteiger partial charge >= 0.3 is 6.01 Å². The fourth-order valence-corrected chi connectivity index (χ4v) is 1.48. The third-order valence-corrected chi connectivity index (χ3v) is 2.29. The molecule has 0 aromatic carbocycles. The van der Waals surface area contributed by atoms with E-state index >= 15 is 0 Å². The third kappa shape index (κ3) is 2.20. The van der Waals surface area contributed by atoms with Gasteiger partial charge in [0.2, 0.25) is 11.8 Å². The quantitative estimate of drug-likeness (QED) is 0.806. The predicted molar refractivity (Wildman–Crippen MR) is 63.5 cm³/mol. The van der Waals surface area contributed by atoms with Gasteiger partial charge in [0.25, 0.3) is 0 Å². The van der Waals surface area contributed by atoms with Crippen LogP contribution in [0.25, 0.3) is 5.82 Å². The zero-order valence-electron chi connectivity index (χ0n) is 10.7. The molecule has 0 aliphatic carbocycles. The van der Waals surface area contributed by atoms with E-state index in [1.165, 1.54) is 14.2 Å². The third-order valence-electron chi connectivity index (χ3n) is 2.29. The summed E-state index contributed by atoms with van der Waals surface area (Å²) in [5.74, 6) is 1.49. The van der Waals surface area contributed by atoms with Gasteiger partial charge in [-0.2, -0.15) is 19.7 Å². The summed E-state index contributed by atoms with van der Waals surface area (Å²) in [5.41, 5.74) is 0.823. The Morgan fingerprint density at radius 2 is 1.78 bits per heavy atom. The molecule has 96 valence electrons. The molecule has 0 fully saturated rings. The average Bonchev–Trinajstić information content (AvgIpc) is 2.79. The summed E-state index contributed by atoms with van der Waals surface area (Å²) in [6.07, 6.45) is 0. The van der Waals surface area contributed by atoms with Crippen molar-refractivity contribution >= 4 is 0 Å². The van der Waals surface area contributed by atoms with Crippen molar-refractivity contribution in [2.75, 3.05) is 21.3 Å². The van der Waals surface area contributed by atoms with Crippen LogP contribution in [0, 0.1) is 6.92 Å². The Morgan fingerprint density at radius 3 is 2.39 bits per heavy atom. The van der Waals surface area contributed by atoms with Gasteiger partial charge in [0.15, 0.2) is 5.82 Å². The van der Waals surface area contributed by atoms with Crippen LogP contribution >= 0.6 is 0 Å². The fraction of sp³-hybridized carbons (Fsp3) is 0.364. The van der Waals surface area contributed by atoms with Crippen molar-refractivity contribution < 1.29 is 14.2 Å². The zero-order valence-corrected chi connectivity index (χ0v) is 10.7. The molecule has 0 radical (unpaired) electrons. The largest absolute Gasteiger partial charge is 0.481 e. The molecule has 2 aromatic rings. The van der Waals surface area contributed by atoms with Gasteiger partial charge < -0.3 is 14.2 Å². The number of nitrogens with zero attached hydrogens (tertiary/aromatic N) is 4. The van der Waals surface area contributed by atoms with Gasteiger partial charge in [0, 0.05) is 12.1 Å². The van der Waals surface area contributed by atoms with Gasteiger partial charge in [-0.1, -0.05) is 0 Å². The van der Waals surface area contributed by atoms with Gasteiger partial charge in [0.1, 0.15) is 0 Å². The van der Waals surface area contributed by atoms with E-state index in [1.807, 2.05) is 6.92 Å². The lowest BCUT2D eigenvalue weighted by Gasteiger charge is -2.08. The van der Waals surface area contributed by atoms with Crippen LogP contribution in [0.3, 0.4) is 0 Å². The second-order valence-electron chi connectivity index (χ2n) is 3.50. The summed E-state index contributed by atoms with van der Waals surface area (Å²) in [6.45, 7) is 1.87. The van der Waals surface area contributed by atoms with Crippen LogP contribution in [0.1, 0.15) is 5.69 Å². The van der Waals surface area contributed by atoms with E-state index in [9.17, 15) is 0 Å². The molecule has 0 aliphatic heterocycles. The highest BCUT2D eigenvalue weighted by atomic mass is 16.5. The lowest BCUT2D eigenvalue weighted by molar-refractivity contribution is 0.348. The topological polar surface area (TPSA) is 71.3 Å². The molecule has 0 atom stereocenters. The number of hydrogen-bond donors (Lipinski definition) is 0. The Morgan fingerprint density at radius 1 is 1.00 bits per heavy atom. The van der Waals surface area contributed by atoms with Crippen LogP contribution in [0.5, 0.6) is 17.8 Å². The van der Waals surface area contributed by atoms with E-state index in [2.05, 4.69) is 15.1 Å². The Labute approximate surface area is 104 Å². The van der Waals surface area contributed by atoms with Crippen molar-refractivity contribution in [1.29, 1.82) is 0 Å². The van der Waals surface area contributed by atoms with Gasteiger partial charge in [-0.3, -0.25) is 0 Å². The maximum atomic E-state index is 5.23. The Balaban J connectivity index is 2.54. The zero-order chi connectivity index (χ0) is 13.1. The predicted octanol–water partition coefficient (Wildman–Crippen LogP) is 0.997. The highest BCUT2D eigenvalue weighted by Gasteiger charge is 2.12. The van der Waals surface area contributed by atoms with E-state index in [1.54, 1.807) is 23.9 Å². The molecule has 2 rings (SSSR count). The maximum absolute atomic E-state index is 5.23. The minimum atomic E-state index is 0.208. The Bertz CT molecular complexity index is 531. The van der Waals surface area contributed by atoms with E-state index < -0.39 is 0 Å². The number of ether oxygens (including phenoxy) is 3. The van der Waals surface area contributed by atoms with Crippen molar-refractivity contribution in [1.82, 2.24) is 19.7 Å². The van der Waals surface area contributed by atoms with Gasteiger partial charge in [-0.25, -0.2) is 0 Å². The molecule has 7 nitrogen and oxygen atoms in total. The van der Waals surface area contributed by atoms with Crippen molar-refractivity contribution in [3.05, 3.63) is 17.8 Å². The molecular weight excluding hydrogens is 236 g/mol. The first-order chi connectivity index (χ1) is 8.67. The van der Waals surface area contributed by atoms with Crippen molar-refractivity contribution in [2.45, 2.75) is 6.92 Å². The standard InChI is InChI=1S/C11H14N4O3/c1-7-5-10(17-3)15(14-7)8-6-9(16-2)13-11(12-8)18-4/h5-6H,1-4H3. The van der Waals surface area contributed by atoms with E-state index in [-0.39, 0.29) is 6.01 Å². The van der Waals surface area contributed by atoms with Crippen LogP contribution in [-0.2, 0) is 0 Å². The second-order valence-corrected chi connectivity index (χ2v) is 3.50. The van der Waals surface area contributed by atoms with Crippen LogP contribution in [0.15, 0.2) is 12.1 Å². The van der Waals surface area contributed by atoms with Crippen LogP contribution in [-0.4, -0.2) is 41.1 Å². The summed E-state index contributed by atoms with van der Waals surface area (Å²) in [4.78, 5) is 8.22. The fourth-order valence-electron chi connectivity index (χ4n) is 1.48. The number of aryl methyl sites for hydroxylation is 1. The van der Waals surface area contributed by atoms with E-state index in [0.29, 0.717) is 17.6 Å². The summed E-state index contributed by atoms with van der Waals surface area (Å²) in [6, 6.07) is 3.66. The SMILES string of the molecule is COc1cc(-n2nc(C)cc2OC)nc(OC)n1. The van der Waals surface area contributed by atoms with Gasteiger partial charge in [-0.15, -0.1) is 0 Å². The van der Waals surface area contributed by atoms with Crippen LogP contribution in [0.2, 0.25) is 0 Å². The molecule has 18 heavy (non-hydrogen) atoms. The van der Waals surface area contributed by atoms with Crippen LogP contribution in [0.4, 0.5) is 0 Å². The smallest absolute Gasteiger partial charge is 0.321 e. The summed E-state index contributed by atoms with van der Waals surface area (Å²) in [7, 11) is 4.59. The summed E-state index contributed by atoms with van der Waals surface area (Å²) >= 11 is 0. The Hall–Kier alpha value is -2.31. The molecule has 0 bridgehead atoms. The number of methoxy groups -OCH3 is 3.